The van der Waals surface area contributed by atoms with E-state index in [9.17, 15) is 0 Å². The lowest BCUT2D eigenvalue weighted by Crippen LogP contribution is -1.97. The highest BCUT2D eigenvalue weighted by atomic mass is 16.5. The highest BCUT2D eigenvalue weighted by Crippen LogP contribution is 2.36. The van der Waals surface area contributed by atoms with Gasteiger partial charge in [0, 0.05) is 28.6 Å². The summed E-state index contributed by atoms with van der Waals surface area (Å²) in [5.74, 6) is 3.24. The molecule has 4 N–H and O–H groups in total. The fourth-order valence-electron chi connectivity index (χ4n) is 5.82. The van der Waals surface area contributed by atoms with Gasteiger partial charge in [-0.3, -0.25) is 0 Å². The average Bonchev–Trinajstić information content (AvgIpc) is 3.05. The van der Waals surface area contributed by atoms with Crippen LogP contribution in [0.15, 0.2) is 140 Å². The van der Waals surface area contributed by atoms with Crippen molar-refractivity contribution < 1.29 is 9.47 Å². The SMILES string of the molecule is Cc1ccc2ccc(Cc3cccc(Cc4ccc5cccc(Oc6ccc(N)cc6)c5c4)c3)c(Oc3ccc(N)cc3)c2c1. The predicted molar refractivity (Wildman–Crippen MR) is 187 cm³/mol. The van der Waals surface area contributed by atoms with E-state index in [2.05, 4.69) is 85.8 Å². The molecule has 0 aliphatic rings. The maximum atomic E-state index is 6.56. The highest BCUT2D eigenvalue weighted by molar-refractivity contribution is 5.91. The Bertz CT molecular complexity index is 2130. The smallest absolute Gasteiger partial charge is 0.138 e. The summed E-state index contributed by atoms with van der Waals surface area (Å²) >= 11 is 0. The fourth-order valence-corrected chi connectivity index (χ4v) is 5.82. The van der Waals surface area contributed by atoms with Crippen molar-refractivity contribution in [3.63, 3.8) is 0 Å². The molecule has 0 amide bonds. The van der Waals surface area contributed by atoms with E-state index in [4.69, 9.17) is 20.9 Å². The lowest BCUT2D eigenvalue weighted by Gasteiger charge is -2.16. The number of fused-ring (bicyclic) bond motifs is 2. The Labute approximate surface area is 263 Å². The Hall–Kier alpha value is -5.74. The van der Waals surface area contributed by atoms with Crippen LogP contribution in [0.4, 0.5) is 11.4 Å². The summed E-state index contributed by atoms with van der Waals surface area (Å²) in [4.78, 5) is 0. The topological polar surface area (TPSA) is 70.5 Å². The second-order valence-electron chi connectivity index (χ2n) is 11.6. The number of nitrogen functional groups attached to an aromatic ring is 2. The van der Waals surface area contributed by atoms with Crippen LogP contribution in [0.5, 0.6) is 23.0 Å². The first-order chi connectivity index (χ1) is 22.0. The normalized spacial score (nSPS) is 11.1. The zero-order valence-electron chi connectivity index (χ0n) is 25.2. The van der Waals surface area contributed by atoms with Gasteiger partial charge >= 0.3 is 0 Å². The summed E-state index contributed by atoms with van der Waals surface area (Å²) < 4.78 is 12.8. The van der Waals surface area contributed by atoms with Crippen molar-refractivity contribution in [1.29, 1.82) is 0 Å². The lowest BCUT2D eigenvalue weighted by atomic mass is 9.95. The Morgan fingerprint density at radius 2 is 1.09 bits per heavy atom. The van der Waals surface area contributed by atoms with Crippen molar-refractivity contribution in [2.45, 2.75) is 19.8 Å². The van der Waals surface area contributed by atoms with Gasteiger partial charge in [-0.1, -0.05) is 78.4 Å². The van der Waals surface area contributed by atoms with Crippen molar-refractivity contribution in [2.75, 3.05) is 11.5 Å². The van der Waals surface area contributed by atoms with Crippen LogP contribution in [0, 0.1) is 6.92 Å². The number of aryl methyl sites for hydroxylation is 1. The maximum absolute atomic E-state index is 6.56. The van der Waals surface area contributed by atoms with E-state index in [1.54, 1.807) is 0 Å². The first kappa shape index (κ1) is 28.1. The molecule has 0 spiro atoms. The molecule has 7 rings (SSSR count). The Balaban J connectivity index is 1.17. The minimum atomic E-state index is 0.713. The maximum Gasteiger partial charge on any atom is 0.138 e. The molecule has 0 saturated heterocycles. The Morgan fingerprint density at radius 3 is 1.84 bits per heavy atom. The van der Waals surface area contributed by atoms with Crippen LogP contribution in [0.1, 0.15) is 27.8 Å². The fraction of sp³-hybridized carbons (Fsp3) is 0.0732. The lowest BCUT2D eigenvalue weighted by molar-refractivity contribution is 0.483. The summed E-state index contributed by atoms with van der Waals surface area (Å²) in [5.41, 5.74) is 19.3. The third kappa shape index (κ3) is 6.31. The highest BCUT2D eigenvalue weighted by Gasteiger charge is 2.13. The van der Waals surface area contributed by atoms with E-state index in [1.807, 2.05) is 60.7 Å². The molecule has 4 heteroatoms. The number of benzene rings is 7. The second-order valence-corrected chi connectivity index (χ2v) is 11.6. The van der Waals surface area contributed by atoms with Crippen molar-refractivity contribution >= 4 is 32.9 Å². The van der Waals surface area contributed by atoms with E-state index in [-0.39, 0.29) is 0 Å². The Kier molecular flexibility index (Phi) is 7.54. The molecule has 7 aromatic rings. The van der Waals surface area contributed by atoms with Crippen LogP contribution < -0.4 is 20.9 Å². The molecule has 0 heterocycles. The quantitative estimate of drug-likeness (QED) is 0.174. The molecule has 0 aliphatic carbocycles. The minimum absolute atomic E-state index is 0.713. The molecule has 45 heavy (non-hydrogen) atoms. The molecule has 4 nitrogen and oxygen atoms in total. The van der Waals surface area contributed by atoms with Crippen LogP contribution in [0.25, 0.3) is 21.5 Å². The summed E-state index contributed by atoms with van der Waals surface area (Å²) in [6, 6.07) is 47.5. The number of hydrogen-bond acceptors (Lipinski definition) is 4. The molecule has 7 aromatic carbocycles. The Morgan fingerprint density at radius 1 is 0.489 bits per heavy atom. The van der Waals surface area contributed by atoms with Gasteiger partial charge in [0.1, 0.15) is 23.0 Å². The monoisotopic (exact) mass is 586 g/mol. The summed E-state index contributed by atoms with van der Waals surface area (Å²) in [6.45, 7) is 2.11. The molecule has 0 fully saturated rings. The number of ether oxygens (including phenoxy) is 2. The molecular formula is C41H34N2O2. The van der Waals surface area contributed by atoms with Gasteiger partial charge in [0.15, 0.2) is 0 Å². The summed E-state index contributed by atoms with van der Waals surface area (Å²) in [5, 5.41) is 4.48. The van der Waals surface area contributed by atoms with E-state index < -0.39 is 0 Å². The molecule has 0 radical (unpaired) electrons. The van der Waals surface area contributed by atoms with Gasteiger partial charge in [0.05, 0.1) is 0 Å². The standard InChI is InChI=1S/C41H34N2O2/c1-27-8-10-32-12-13-33(41(39(32)22-27)45-37-20-16-35(43)17-21-37)25-29-5-2-4-28(23-29)24-30-9-11-31-6-3-7-40(38(31)26-30)44-36-18-14-34(42)15-19-36/h2-23,26H,24-25,42-43H2,1H3. The van der Waals surface area contributed by atoms with Crippen LogP contribution in [0.3, 0.4) is 0 Å². The van der Waals surface area contributed by atoms with Crippen LogP contribution in [0.2, 0.25) is 0 Å². The molecule has 0 aliphatic heterocycles. The van der Waals surface area contributed by atoms with Gasteiger partial charge in [-0.2, -0.15) is 0 Å². The van der Waals surface area contributed by atoms with Crippen LogP contribution >= 0.6 is 0 Å². The van der Waals surface area contributed by atoms with E-state index in [0.29, 0.717) is 11.4 Å². The molecule has 0 bridgehead atoms. The van der Waals surface area contributed by atoms with Crippen LogP contribution in [-0.2, 0) is 12.8 Å². The molecular weight excluding hydrogens is 552 g/mol. The predicted octanol–water partition coefficient (Wildman–Crippen LogP) is 10.2. The van der Waals surface area contributed by atoms with Crippen LogP contribution in [-0.4, -0.2) is 0 Å². The first-order valence-corrected chi connectivity index (χ1v) is 15.2. The van der Waals surface area contributed by atoms with Crippen molar-refractivity contribution in [3.05, 3.63) is 167 Å². The van der Waals surface area contributed by atoms with Gasteiger partial charge < -0.3 is 20.9 Å². The third-order valence-corrected chi connectivity index (χ3v) is 8.12. The molecule has 220 valence electrons. The molecule has 0 unspecified atom stereocenters. The first-order valence-electron chi connectivity index (χ1n) is 15.2. The largest absolute Gasteiger partial charge is 0.457 e. The minimum Gasteiger partial charge on any atom is -0.457 e. The van der Waals surface area contributed by atoms with Gasteiger partial charge in [-0.05, 0) is 113 Å². The average molecular weight is 587 g/mol. The van der Waals surface area contributed by atoms with E-state index in [1.165, 1.54) is 22.3 Å². The van der Waals surface area contributed by atoms with Crippen molar-refractivity contribution in [3.8, 4) is 23.0 Å². The number of anilines is 2. The van der Waals surface area contributed by atoms with Gasteiger partial charge in [0.25, 0.3) is 0 Å². The van der Waals surface area contributed by atoms with Gasteiger partial charge in [-0.15, -0.1) is 0 Å². The number of hydrogen-bond donors (Lipinski definition) is 2. The molecule has 0 saturated carbocycles. The molecule has 0 atom stereocenters. The molecule has 0 aromatic heterocycles. The van der Waals surface area contributed by atoms with Crippen molar-refractivity contribution in [2.24, 2.45) is 0 Å². The zero-order valence-corrected chi connectivity index (χ0v) is 25.2. The van der Waals surface area contributed by atoms with Crippen molar-refractivity contribution in [1.82, 2.24) is 0 Å². The van der Waals surface area contributed by atoms with Gasteiger partial charge in [-0.25, -0.2) is 0 Å². The third-order valence-electron chi connectivity index (χ3n) is 8.12. The number of nitrogens with two attached hydrogens (primary N) is 2. The second kappa shape index (κ2) is 12.1. The van der Waals surface area contributed by atoms with E-state index >= 15 is 0 Å². The van der Waals surface area contributed by atoms with Gasteiger partial charge in [0.2, 0.25) is 0 Å². The number of rotatable bonds is 8. The van der Waals surface area contributed by atoms with E-state index in [0.717, 1.165) is 62.9 Å². The summed E-state index contributed by atoms with van der Waals surface area (Å²) in [6.07, 6.45) is 1.56. The summed E-state index contributed by atoms with van der Waals surface area (Å²) in [7, 11) is 0. The zero-order chi connectivity index (χ0) is 30.8.